The van der Waals surface area contributed by atoms with Crippen LogP contribution < -0.4 is 9.44 Å². The van der Waals surface area contributed by atoms with Gasteiger partial charge in [-0.15, -0.1) is 0 Å². The second-order valence-electron chi connectivity index (χ2n) is 4.19. The monoisotopic (exact) mass is 296 g/mol. The van der Waals surface area contributed by atoms with Gasteiger partial charge in [-0.3, -0.25) is 0 Å². The topological polar surface area (TPSA) is 78.4 Å². The molecule has 0 aliphatic heterocycles. The van der Waals surface area contributed by atoms with Crippen molar-refractivity contribution in [2.45, 2.75) is 26.3 Å². The third kappa shape index (κ3) is 6.68. The maximum Gasteiger partial charge on any atom is 0.277 e. The van der Waals surface area contributed by atoms with Crippen molar-refractivity contribution in [3.8, 4) is 11.8 Å². The molecule has 0 saturated heterocycles. The standard InChI is InChI=1S/C14H20N2O3S/c1-2-10-15-20(18,19)16-12-14-8-6-13(7-9-14)5-3-4-11-17/h6-9,15-17H,2,4,10-12H2,1H3. The van der Waals surface area contributed by atoms with Crippen LogP contribution in [0.4, 0.5) is 0 Å². The van der Waals surface area contributed by atoms with E-state index in [2.05, 4.69) is 21.3 Å². The van der Waals surface area contributed by atoms with Crippen LogP contribution in [-0.2, 0) is 16.8 Å². The normalized spacial score (nSPS) is 10.9. The van der Waals surface area contributed by atoms with Gasteiger partial charge in [0.1, 0.15) is 0 Å². The van der Waals surface area contributed by atoms with Crippen LogP contribution >= 0.6 is 0 Å². The number of aliphatic hydroxyl groups is 1. The Kier molecular flexibility index (Phi) is 7.26. The van der Waals surface area contributed by atoms with Crippen molar-refractivity contribution in [3.05, 3.63) is 35.4 Å². The molecular weight excluding hydrogens is 276 g/mol. The molecule has 110 valence electrons. The van der Waals surface area contributed by atoms with Gasteiger partial charge in [-0.2, -0.15) is 13.1 Å². The van der Waals surface area contributed by atoms with Crippen molar-refractivity contribution in [2.75, 3.05) is 13.2 Å². The Bertz CT molecular complexity index is 556. The van der Waals surface area contributed by atoms with E-state index in [-0.39, 0.29) is 13.2 Å². The van der Waals surface area contributed by atoms with Crippen molar-refractivity contribution in [1.29, 1.82) is 0 Å². The Morgan fingerprint density at radius 1 is 1.20 bits per heavy atom. The molecule has 0 atom stereocenters. The average Bonchev–Trinajstić information content (AvgIpc) is 2.45. The maximum atomic E-state index is 11.5. The molecule has 1 rings (SSSR count). The molecule has 0 saturated carbocycles. The van der Waals surface area contributed by atoms with Gasteiger partial charge in [0.15, 0.2) is 0 Å². The van der Waals surface area contributed by atoms with Crippen molar-refractivity contribution < 1.29 is 13.5 Å². The van der Waals surface area contributed by atoms with Crippen LogP contribution in [0.5, 0.6) is 0 Å². The van der Waals surface area contributed by atoms with E-state index in [1.165, 1.54) is 0 Å². The van der Waals surface area contributed by atoms with E-state index in [1.54, 1.807) is 0 Å². The molecule has 0 bridgehead atoms. The molecule has 0 aliphatic rings. The maximum absolute atomic E-state index is 11.5. The number of rotatable bonds is 7. The molecule has 0 amide bonds. The molecule has 0 aliphatic carbocycles. The van der Waals surface area contributed by atoms with Crippen molar-refractivity contribution in [2.24, 2.45) is 0 Å². The van der Waals surface area contributed by atoms with Crippen molar-refractivity contribution in [3.63, 3.8) is 0 Å². The van der Waals surface area contributed by atoms with Crippen LogP contribution in [0.15, 0.2) is 24.3 Å². The van der Waals surface area contributed by atoms with Crippen molar-refractivity contribution >= 4 is 10.2 Å². The second kappa shape index (κ2) is 8.72. The van der Waals surface area contributed by atoms with Gasteiger partial charge in [0.2, 0.25) is 0 Å². The highest BCUT2D eigenvalue weighted by Gasteiger charge is 2.07. The summed E-state index contributed by atoms with van der Waals surface area (Å²) in [5, 5.41) is 8.62. The molecule has 6 heteroatoms. The minimum absolute atomic E-state index is 0.0532. The summed E-state index contributed by atoms with van der Waals surface area (Å²) >= 11 is 0. The lowest BCUT2D eigenvalue weighted by atomic mass is 10.1. The van der Waals surface area contributed by atoms with E-state index < -0.39 is 10.2 Å². The molecule has 3 N–H and O–H groups in total. The van der Waals surface area contributed by atoms with Gasteiger partial charge in [-0.25, -0.2) is 4.72 Å². The Hall–Kier alpha value is -1.39. The smallest absolute Gasteiger partial charge is 0.277 e. The summed E-state index contributed by atoms with van der Waals surface area (Å²) in [5.74, 6) is 5.74. The van der Waals surface area contributed by atoms with Gasteiger partial charge in [0.25, 0.3) is 10.2 Å². The van der Waals surface area contributed by atoms with Gasteiger partial charge in [-0.1, -0.05) is 30.9 Å². The van der Waals surface area contributed by atoms with E-state index in [0.717, 1.165) is 17.5 Å². The predicted octanol–water partition coefficient (Wildman–Crippen LogP) is 0.755. The summed E-state index contributed by atoms with van der Waals surface area (Å²) < 4.78 is 28.0. The summed E-state index contributed by atoms with van der Waals surface area (Å²) in [5.41, 5.74) is 1.70. The van der Waals surface area contributed by atoms with Gasteiger partial charge in [0, 0.05) is 25.1 Å². The Morgan fingerprint density at radius 2 is 1.90 bits per heavy atom. The minimum atomic E-state index is -3.43. The molecule has 0 aromatic heterocycles. The number of aliphatic hydroxyl groups excluding tert-OH is 1. The SMILES string of the molecule is CCCNS(=O)(=O)NCc1ccc(C#CCCO)cc1. The number of hydrogen-bond acceptors (Lipinski definition) is 3. The molecule has 20 heavy (non-hydrogen) atoms. The molecule has 0 fully saturated rings. The fourth-order valence-corrected chi connectivity index (χ4v) is 2.32. The molecule has 0 spiro atoms. The van der Waals surface area contributed by atoms with Gasteiger partial charge >= 0.3 is 0 Å². The zero-order valence-corrected chi connectivity index (χ0v) is 12.3. The molecule has 5 nitrogen and oxygen atoms in total. The third-order valence-corrected chi connectivity index (χ3v) is 3.54. The first-order valence-corrected chi connectivity index (χ1v) is 7.98. The lowest BCUT2D eigenvalue weighted by molar-refractivity contribution is 0.305. The van der Waals surface area contributed by atoms with E-state index >= 15 is 0 Å². The largest absolute Gasteiger partial charge is 0.395 e. The number of nitrogens with one attached hydrogen (secondary N) is 2. The van der Waals surface area contributed by atoms with Crippen LogP contribution in [0, 0.1) is 11.8 Å². The highest BCUT2D eigenvalue weighted by molar-refractivity contribution is 7.87. The first kappa shape index (κ1) is 16.7. The van der Waals surface area contributed by atoms with Gasteiger partial charge in [0.05, 0.1) is 6.61 Å². The van der Waals surface area contributed by atoms with E-state index in [4.69, 9.17) is 5.11 Å². The summed E-state index contributed by atoms with van der Waals surface area (Å²) in [6.45, 7) is 2.62. The molecule has 0 heterocycles. The molecule has 0 unspecified atom stereocenters. The third-order valence-electron chi connectivity index (χ3n) is 2.43. The summed E-state index contributed by atoms with van der Waals surface area (Å²) in [6, 6.07) is 7.30. The van der Waals surface area contributed by atoms with E-state index in [9.17, 15) is 8.42 Å². The lowest BCUT2D eigenvalue weighted by Crippen LogP contribution is -2.36. The first-order valence-electron chi connectivity index (χ1n) is 6.50. The fourth-order valence-electron chi connectivity index (χ4n) is 1.39. The van der Waals surface area contributed by atoms with Gasteiger partial charge < -0.3 is 5.11 Å². The molecular formula is C14H20N2O3S. The van der Waals surface area contributed by atoms with Crippen molar-refractivity contribution in [1.82, 2.24) is 9.44 Å². The van der Waals surface area contributed by atoms with Crippen LogP contribution in [-0.4, -0.2) is 26.7 Å². The Morgan fingerprint density at radius 3 is 2.50 bits per heavy atom. The lowest BCUT2D eigenvalue weighted by Gasteiger charge is -2.07. The van der Waals surface area contributed by atoms with E-state index in [0.29, 0.717) is 13.0 Å². The van der Waals surface area contributed by atoms with Gasteiger partial charge in [-0.05, 0) is 24.1 Å². The minimum Gasteiger partial charge on any atom is -0.395 e. The second-order valence-corrected chi connectivity index (χ2v) is 5.78. The first-order chi connectivity index (χ1) is 9.57. The van der Waals surface area contributed by atoms with Crippen LogP contribution in [0.3, 0.4) is 0 Å². The van der Waals surface area contributed by atoms with Crippen LogP contribution in [0.25, 0.3) is 0 Å². The van der Waals surface area contributed by atoms with Crippen LogP contribution in [0.1, 0.15) is 30.9 Å². The Balaban J connectivity index is 2.52. The predicted molar refractivity (Wildman–Crippen MR) is 79.1 cm³/mol. The molecule has 0 radical (unpaired) electrons. The Labute approximate surface area is 120 Å². The number of hydrogen-bond donors (Lipinski definition) is 3. The highest BCUT2D eigenvalue weighted by atomic mass is 32.2. The van der Waals surface area contributed by atoms with Crippen LogP contribution in [0.2, 0.25) is 0 Å². The fraction of sp³-hybridized carbons (Fsp3) is 0.429. The highest BCUT2D eigenvalue weighted by Crippen LogP contribution is 2.03. The summed E-state index contributed by atoms with van der Waals surface area (Å²) in [4.78, 5) is 0. The zero-order chi connectivity index (χ0) is 14.8. The van der Waals surface area contributed by atoms with E-state index in [1.807, 2.05) is 31.2 Å². The number of benzene rings is 1. The molecule has 1 aromatic carbocycles. The zero-order valence-electron chi connectivity index (χ0n) is 11.5. The average molecular weight is 296 g/mol. The quantitative estimate of drug-likeness (QED) is 0.650. The summed E-state index contributed by atoms with van der Waals surface area (Å²) in [6.07, 6.45) is 1.20. The summed E-state index contributed by atoms with van der Waals surface area (Å²) in [7, 11) is -3.43. The molecule has 1 aromatic rings.